The molecule has 1 N–H and O–H groups in total. The monoisotopic (exact) mass is 362 g/mol. The van der Waals surface area contributed by atoms with Crippen LogP contribution in [0.3, 0.4) is 0 Å². The third-order valence-electron chi connectivity index (χ3n) is 4.60. The highest BCUT2D eigenvalue weighted by atomic mass is 16.3. The van der Waals surface area contributed by atoms with Crippen LogP contribution in [0.4, 0.5) is 0 Å². The molecule has 0 spiro atoms. The number of amides is 1. The van der Waals surface area contributed by atoms with E-state index >= 15 is 0 Å². The predicted molar refractivity (Wildman–Crippen MR) is 109 cm³/mol. The molecule has 3 rings (SSSR count). The predicted octanol–water partition coefficient (Wildman–Crippen LogP) is 4.21. The van der Waals surface area contributed by atoms with E-state index in [-0.39, 0.29) is 5.91 Å². The van der Waals surface area contributed by atoms with Crippen molar-refractivity contribution in [1.82, 2.24) is 9.88 Å². The second kappa shape index (κ2) is 7.89. The molecule has 0 saturated heterocycles. The minimum absolute atomic E-state index is 0.0323. The number of carbonyl (C=O) groups excluding carboxylic acids is 1. The first-order chi connectivity index (χ1) is 12.8. The van der Waals surface area contributed by atoms with Gasteiger partial charge in [0.25, 0.3) is 5.91 Å². The fourth-order valence-electron chi connectivity index (χ4n) is 3.04. The van der Waals surface area contributed by atoms with Gasteiger partial charge in [-0.15, -0.1) is 0 Å². The van der Waals surface area contributed by atoms with Gasteiger partial charge in [-0.05, 0) is 56.5 Å². The van der Waals surface area contributed by atoms with Gasteiger partial charge < -0.3 is 10.0 Å². The van der Waals surface area contributed by atoms with Crippen LogP contribution in [0, 0.1) is 0 Å². The average molecular weight is 362 g/mol. The second-order valence-electron chi connectivity index (χ2n) is 7.67. The van der Waals surface area contributed by atoms with Gasteiger partial charge in [-0.3, -0.25) is 9.78 Å². The summed E-state index contributed by atoms with van der Waals surface area (Å²) in [5.74, 6) is -0.0323. The van der Waals surface area contributed by atoms with Crippen LogP contribution < -0.4 is 0 Å². The van der Waals surface area contributed by atoms with E-state index in [1.807, 2.05) is 60.7 Å². The molecule has 27 heavy (non-hydrogen) atoms. The highest BCUT2D eigenvalue weighted by Gasteiger charge is 2.15. The van der Waals surface area contributed by atoms with E-state index in [1.54, 1.807) is 25.8 Å². The molecule has 0 aliphatic carbocycles. The van der Waals surface area contributed by atoms with Crippen molar-refractivity contribution in [2.45, 2.75) is 38.8 Å². The Bertz CT molecular complexity index is 944. The number of fused-ring (bicyclic) bond motifs is 1. The zero-order chi connectivity index (χ0) is 19.4. The number of carbonyl (C=O) groups is 1. The molecule has 0 bridgehead atoms. The first-order valence-corrected chi connectivity index (χ1v) is 9.23. The van der Waals surface area contributed by atoms with Crippen LogP contribution in [0.15, 0.2) is 60.7 Å². The molecular weight excluding hydrogens is 336 g/mol. The molecule has 0 fully saturated rings. The molecular formula is C23H26N2O2. The van der Waals surface area contributed by atoms with E-state index in [0.29, 0.717) is 18.5 Å². The van der Waals surface area contributed by atoms with Gasteiger partial charge in [0.05, 0.1) is 23.4 Å². The van der Waals surface area contributed by atoms with Crippen molar-refractivity contribution in [1.29, 1.82) is 0 Å². The zero-order valence-electron chi connectivity index (χ0n) is 16.1. The van der Waals surface area contributed by atoms with E-state index in [9.17, 15) is 9.90 Å². The van der Waals surface area contributed by atoms with Crippen molar-refractivity contribution in [2.75, 3.05) is 7.05 Å². The third-order valence-corrected chi connectivity index (χ3v) is 4.60. The first-order valence-electron chi connectivity index (χ1n) is 9.23. The fourth-order valence-corrected chi connectivity index (χ4v) is 3.04. The number of benzene rings is 2. The number of pyridine rings is 1. The zero-order valence-corrected chi connectivity index (χ0v) is 16.1. The van der Waals surface area contributed by atoms with Crippen LogP contribution in [0.2, 0.25) is 0 Å². The smallest absolute Gasteiger partial charge is 0.253 e. The number of para-hydroxylation sites is 1. The van der Waals surface area contributed by atoms with Crippen LogP contribution >= 0.6 is 0 Å². The Morgan fingerprint density at radius 1 is 1.07 bits per heavy atom. The summed E-state index contributed by atoms with van der Waals surface area (Å²) in [5.41, 5.74) is 2.80. The molecule has 0 saturated carbocycles. The number of hydrogen-bond acceptors (Lipinski definition) is 3. The van der Waals surface area contributed by atoms with Crippen molar-refractivity contribution in [3.63, 3.8) is 0 Å². The molecule has 1 amide bonds. The maximum Gasteiger partial charge on any atom is 0.253 e. The molecule has 0 atom stereocenters. The lowest BCUT2D eigenvalue weighted by atomic mass is 9.98. The van der Waals surface area contributed by atoms with Crippen molar-refractivity contribution >= 4 is 16.8 Å². The molecule has 2 aromatic carbocycles. The fraction of sp³-hybridized carbons (Fsp3) is 0.304. The molecule has 0 radical (unpaired) electrons. The Kier molecular flexibility index (Phi) is 5.57. The molecule has 0 unspecified atom stereocenters. The van der Waals surface area contributed by atoms with E-state index in [0.717, 1.165) is 28.6 Å². The van der Waals surface area contributed by atoms with Gasteiger partial charge in [0.1, 0.15) is 0 Å². The summed E-state index contributed by atoms with van der Waals surface area (Å²) < 4.78 is 0. The normalized spacial score (nSPS) is 11.6. The molecule has 1 aromatic heterocycles. The van der Waals surface area contributed by atoms with Crippen LogP contribution in [0.1, 0.15) is 41.9 Å². The van der Waals surface area contributed by atoms with Gasteiger partial charge in [0, 0.05) is 18.0 Å². The topological polar surface area (TPSA) is 53.4 Å². The Morgan fingerprint density at radius 2 is 1.85 bits per heavy atom. The Balaban J connectivity index is 1.70. The standard InChI is InChI=1S/C23H26N2O2/c1-23(2,27)14-13-17-7-6-9-19(15-17)22(26)25(3)16-20-12-11-18-8-4-5-10-21(18)24-20/h4-12,15,27H,13-14,16H2,1-3H3. The van der Waals surface area contributed by atoms with Gasteiger partial charge in [-0.2, -0.15) is 0 Å². The van der Waals surface area contributed by atoms with Gasteiger partial charge in [0.2, 0.25) is 0 Å². The van der Waals surface area contributed by atoms with Crippen molar-refractivity contribution in [3.8, 4) is 0 Å². The maximum absolute atomic E-state index is 12.8. The van der Waals surface area contributed by atoms with Gasteiger partial charge >= 0.3 is 0 Å². The lowest BCUT2D eigenvalue weighted by molar-refractivity contribution is 0.0714. The Morgan fingerprint density at radius 3 is 2.63 bits per heavy atom. The summed E-state index contributed by atoms with van der Waals surface area (Å²) in [6.45, 7) is 4.05. The third kappa shape index (κ3) is 5.14. The summed E-state index contributed by atoms with van der Waals surface area (Å²) in [7, 11) is 1.79. The van der Waals surface area contributed by atoms with E-state index < -0.39 is 5.60 Å². The number of aryl methyl sites for hydroxylation is 1. The summed E-state index contributed by atoms with van der Waals surface area (Å²) in [5, 5.41) is 11.0. The van der Waals surface area contributed by atoms with Gasteiger partial charge in [-0.1, -0.05) is 36.4 Å². The van der Waals surface area contributed by atoms with Gasteiger partial charge in [0.15, 0.2) is 0 Å². The SMILES string of the molecule is CN(Cc1ccc2ccccc2n1)C(=O)c1cccc(CCC(C)(C)O)c1. The minimum atomic E-state index is -0.710. The lowest BCUT2D eigenvalue weighted by Gasteiger charge is -2.19. The van der Waals surface area contributed by atoms with Gasteiger partial charge in [-0.25, -0.2) is 0 Å². The second-order valence-corrected chi connectivity index (χ2v) is 7.67. The summed E-state index contributed by atoms with van der Waals surface area (Å²) >= 11 is 0. The summed E-state index contributed by atoms with van der Waals surface area (Å²) in [4.78, 5) is 19.1. The number of aromatic nitrogens is 1. The molecule has 140 valence electrons. The first kappa shape index (κ1) is 19.1. The quantitative estimate of drug-likeness (QED) is 0.715. The van der Waals surface area contributed by atoms with Crippen molar-refractivity contribution in [2.24, 2.45) is 0 Å². The van der Waals surface area contributed by atoms with Crippen LogP contribution in [0.5, 0.6) is 0 Å². The minimum Gasteiger partial charge on any atom is -0.390 e. The van der Waals surface area contributed by atoms with Crippen LogP contribution in [-0.4, -0.2) is 33.5 Å². The maximum atomic E-state index is 12.8. The highest BCUT2D eigenvalue weighted by molar-refractivity contribution is 5.94. The number of rotatable bonds is 6. The molecule has 4 nitrogen and oxygen atoms in total. The summed E-state index contributed by atoms with van der Waals surface area (Å²) in [6.07, 6.45) is 1.39. The highest BCUT2D eigenvalue weighted by Crippen LogP contribution is 2.17. The summed E-state index contributed by atoms with van der Waals surface area (Å²) in [6, 6.07) is 19.6. The lowest BCUT2D eigenvalue weighted by Crippen LogP contribution is -2.26. The number of hydrogen-bond donors (Lipinski definition) is 1. The van der Waals surface area contributed by atoms with Crippen molar-refractivity contribution < 1.29 is 9.90 Å². The molecule has 4 heteroatoms. The van der Waals surface area contributed by atoms with E-state index in [4.69, 9.17) is 0 Å². The van der Waals surface area contributed by atoms with Crippen LogP contribution in [0.25, 0.3) is 10.9 Å². The number of aliphatic hydroxyl groups is 1. The molecule has 3 aromatic rings. The molecule has 0 aliphatic rings. The number of nitrogens with zero attached hydrogens (tertiary/aromatic N) is 2. The van der Waals surface area contributed by atoms with E-state index in [1.165, 1.54) is 0 Å². The molecule has 1 heterocycles. The Hall–Kier alpha value is -2.72. The van der Waals surface area contributed by atoms with Crippen LogP contribution in [-0.2, 0) is 13.0 Å². The van der Waals surface area contributed by atoms with Crippen molar-refractivity contribution in [3.05, 3.63) is 77.5 Å². The molecule has 0 aliphatic heterocycles. The van der Waals surface area contributed by atoms with E-state index in [2.05, 4.69) is 4.98 Å². The largest absolute Gasteiger partial charge is 0.390 e. The Labute approximate surface area is 160 Å². The average Bonchev–Trinajstić information content (AvgIpc) is 2.65.